The Bertz CT molecular complexity index is 744. The van der Waals surface area contributed by atoms with E-state index in [1.165, 1.54) is 23.4 Å². The number of hydrogen-bond donors (Lipinski definition) is 3. The standard InChI is InChI=1S/C20H25BrF2N2OS/c21-19-5-4-18(27-19)20(6-2-1-3-7-20)25-12-17(26)16(24)10-13-8-14(22)11-15(23)9-13/h4-5,8-9,11,16-17,25-26H,1-3,6-7,10,12,24H2/t16-,17+/m0/s1. The molecule has 1 fully saturated rings. The van der Waals surface area contributed by atoms with Crippen molar-refractivity contribution in [2.24, 2.45) is 5.73 Å². The van der Waals surface area contributed by atoms with E-state index in [-0.39, 0.29) is 12.0 Å². The Morgan fingerprint density at radius 1 is 1.15 bits per heavy atom. The van der Waals surface area contributed by atoms with Crippen molar-refractivity contribution in [2.45, 2.75) is 56.2 Å². The minimum atomic E-state index is -0.807. The molecule has 1 aliphatic carbocycles. The Kier molecular flexibility index (Phi) is 7.03. The van der Waals surface area contributed by atoms with Crippen LogP contribution in [0.25, 0.3) is 0 Å². The number of nitrogens with one attached hydrogen (secondary N) is 1. The summed E-state index contributed by atoms with van der Waals surface area (Å²) in [5.41, 5.74) is 6.43. The summed E-state index contributed by atoms with van der Waals surface area (Å²) in [5.74, 6) is -1.26. The summed E-state index contributed by atoms with van der Waals surface area (Å²) in [7, 11) is 0. The molecule has 7 heteroatoms. The highest BCUT2D eigenvalue weighted by Gasteiger charge is 2.35. The lowest BCUT2D eigenvalue weighted by molar-refractivity contribution is 0.117. The minimum Gasteiger partial charge on any atom is -0.390 e. The van der Waals surface area contributed by atoms with Crippen molar-refractivity contribution in [3.05, 3.63) is 56.2 Å². The van der Waals surface area contributed by atoms with Crippen LogP contribution in [0.1, 0.15) is 42.5 Å². The van der Waals surface area contributed by atoms with E-state index in [0.717, 1.165) is 35.5 Å². The highest BCUT2D eigenvalue weighted by atomic mass is 79.9. The molecule has 148 valence electrons. The molecule has 1 heterocycles. The summed E-state index contributed by atoms with van der Waals surface area (Å²) < 4.78 is 27.8. The zero-order chi connectivity index (χ0) is 19.4. The molecular weight excluding hydrogens is 434 g/mol. The van der Waals surface area contributed by atoms with Gasteiger partial charge in [-0.2, -0.15) is 0 Å². The van der Waals surface area contributed by atoms with Crippen molar-refractivity contribution >= 4 is 27.3 Å². The Labute approximate surface area is 171 Å². The Balaban J connectivity index is 1.64. The summed E-state index contributed by atoms with van der Waals surface area (Å²) in [6.07, 6.45) is 4.98. The number of hydrogen-bond acceptors (Lipinski definition) is 4. The summed E-state index contributed by atoms with van der Waals surface area (Å²) >= 11 is 5.25. The van der Waals surface area contributed by atoms with Gasteiger partial charge >= 0.3 is 0 Å². The molecule has 0 radical (unpaired) electrons. The lowest BCUT2D eigenvalue weighted by Gasteiger charge is -2.39. The van der Waals surface area contributed by atoms with Crippen LogP contribution in [0.2, 0.25) is 0 Å². The van der Waals surface area contributed by atoms with Gasteiger partial charge in [-0.05, 0) is 65.0 Å². The monoisotopic (exact) mass is 458 g/mol. The van der Waals surface area contributed by atoms with E-state index in [9.17, 15) is 13.9 Å². The molecule has 1 aromatic heterocycles. The van der Waals surface area contributed by atoms with Crippen LogP contribution in [-0.2, 0) is 12.0 Å². The van der Waals surface area contributed by atoms with E-state index in [1.807, 2.05) is 0 Å². The Morgan fingerprint density at radius 3 is 2.41 bits per heavy atom. The van der Waals surface area contributed by atoms with Gasteiger partial charge in [-0.25, -0.2) is 8.78 Å². The van der Waals surface area contributed by atoms with Crippen molar-refractivity contribution in [1.29, 1.82) is 0 Å². The minimum absolute atomic E-state index is 0.138. The zero-order valence-electron chi connectivity index (χ0n) is 15.1. The summed E-state index contributed by atoms with van der Waals surface area (Å²) in [4.78, 5) is 1.27. The SMILES string of the molecule is N[C@@H](Cc1cc(F)cc(F)c1)[C@H](O)CNC1(c2ccc(Br)s2)CCCCC1. The fraction of sp³-hybridized carbons (Fsp3) is 0.500. The van der Waals surface area contributed by atoms with Crippen molar-refractivity contribution < 1.29 is 13.9 Å². The fourth-order valence-corrected chi connectivity index (χ4v) is 5.43. The van der Waals surface area contributed by atoms with Crippen LogP contribution in [0, 0.1) is 11.6 Å². The van der Waals surface area contributed by atoms with Gasteiger partial charge in [-0.3, -0.25) is 0 Å². The Hall–Kier alpha value is -0.860. The largest absolute Gasteiger partial charge is 0.390 e. The topological polar surface area (TPSA) is 58.3 Å². The average molecular weight is 459 g/mol. The van der Waals surface area contributed by atoms with Gasteiger partial charge in [0, 0.05) is 23.5 Å². The molecule has 0 spiro atoms. The second kappa shape index (κ2) is 9.09. The molecule has 0 bridgehead atoms. The number of nitrogens with two attached hydrogens (primary N) is 1. The summed E-state index contributed by atoms with van der Waals surface area (Å²) in [6.45, 7) is 0.342. The van der Waals surface area contributed by atoms with Crippen LogP contribution < -0.4 is 11.1 Å². The average Bonchev–Trinajstić information content (AvgIpc) is 3.06. The first-order valence-electron chi connectivity index (χ1n) is 9.27. The molecule has 3 rings (SSSR count). The van der Waals surface area contributed by atoms with Crippen molar-refractivity contribution in [3.63, 3.8) is 0 Å². The maximum Gasteiger partial charge on any atom is 0.126 e. The molecular formula is C20H25BrF2N2OS. The Morgan fingerprint density at radius 2 is 1.81 bits per heavy atom. The third-order valence-electron chi connectivity index (χ3n) is 5.29. The van der Waals surface area contributed by atoms with Gasteiger partial charge in [0.25, 0.3) is 0 Å². The molecule has 1 aliphatic rings. The van der Waals surface area contributed by atoms with E-state index in [0.29, 0.717) is 12.1 Å². The van der Waals surface area contributed by atoms with Gasteiger partial charge in [0.05, 0.1) is 15.4 Å². The third-order valence-corrected chi connectivity index (χ3v) is 7.12. The normalized spacial score (nSPS) is 19.0. The number of halogens is 3. The van der Waals surface area contributed by atoms with Crippen LogP contribution in [-0.4, -0.2) is 23.8 Å². The number of aliphatic hydroxyl groups is 1. The van der Waals surface area contributed by atoms with Crippen LogP contribution in [0.15, 0.2) is 34.1 Å². The molecule has 3 nitrogen and oxygen atoms in total. The number of thiophene rings is 1. The van der Waals surface area contributed by atoms with E-state index < -0.39 is 23.8 Å². The van der Waals surface area contributed by atoms with Gasteiger partial charge in [-0.15, -0.1) is 11.3 Å². The van der Waals surface area contributed by atoms with E-state index in [4.69, 9.17) is 5.73 Å². The van der Waals surface area contributed by atoms with Crippen molar-refractivity contribution in [1.82, 2.24) is 5.32 Å². The first kappa shape index (κ1) is 20.9. The molecule has 0 amide bonds. The summed E-state index contributed by atoms with van der Waals surface area (Å²) in [6, 6.07) is 6.94. The molecule has 1 aromatic carbocycles. The van der Waals surface area contributed by atoms with Crippen LogP contribution in [0.4, 0.5) is 8.78 Å². The zero-order valence-corrected chi connectivity index (χ0v) is 17.5. The lowest BCUT2D eigenvalue weighted by atomic mass is 9.80. The maximum absolute atomic E-state index is 13.4. The smallest absolute Gasteiger partial charge is 0.126 e. The van der Waals surface area contributed by atoms with Crippen LogP contribution in [0.5, 0.6) is 0 Å². The molecule has 0 unspecified atom stereocenters. The van der Waals surface area contributed by atoms with Gasteiger partial charge < -0.3 is 16.2 Å². The van der Waals surface area contributed by atoms with Crippen LogP contribution >= 0.6 is 27.3 Å². The van der Waals surface area contributed by atoms with Gasteiger partial charge in [0.15, 0.2) is 0 Å². The van der Waals surface area contributed by atoms with E-state index in [1.54, 1.807) is 11.3 Å². The highest BCUT2D eigenvalue weighted by Crippen LogP contribution is 2.41. The number of aliphatic hydroxyl groups excluding tert-OH is 1. The molecule has 0 saturated heterocycles. The lowest BCUT2D eigenvalue weighted by Crippen LogP contribution is -2.50. The maximum atomic E-state index is 13.4. The second-order valence-electron chi connectivity index (χ2n) is 7.34. The molecule has 2 atom stereocenters. The predicted octanol–water partition coefficient (Wildman–Crippen LogP) is 4.47. The first-order chi connectivity index (χ1) is 12.9. The quantitative estimate of drug-likeness (QED) is 0.573. The molecule has 0 aliphatic heterocycles. The van der Waals surface area contributed by atoms with Crippen molar-refractivity contribution in [3.8, 4) is 0 Å². The fourth-order valence-electron chi connectivity index (χ4n) is 3.83. The van der Waals surface area contributed by atoms with Gasteiger partial charge in [0.2, 0.25) is 0 Å². The van der Waals surface area contributed by atoms with E-state index in [2.05, 4.69) is 33.4 Å². The van der Waals surface area contributed by atoms with Crippen molar-refractivity contribution in [2.75, 3.05) is 6.54 Å². The number of rotatable bonds is 7. The molecule has 4 N–H and O–H groups in total. The molecule has 27 heavy (non-hydrogen) atoms. The number of benzene rings is 1. The molecule has 2 aromatic rings. The highest BCUT2D eigenvalue weighted by molar-refractivity contribution is 9.11. The van der Waals surface area contributed by atoms with Gasteiger partial charge in [0.1, 0.15) is 11.6 Å². The molecule has 1 saturated carbocycles. The third kappa shape index (κ3) is 5.35. The van der Waals surface area contributed by atoms with E-state index >= 15 is 0 Å². The van der Waals surface area contributed by atoms with Gasteiger partial charge in [-0.1, -0.05) is 19.3 Å². The van der Waals surface area contributed by atoms with Crippen LogP contribution in [0.3, 0.4) is 0 Å². The second-order valence-corrected chi connectivity index (χ2v) is 9.80. The first-order valence-corrected chi connectivity index (χ1v) is 10.9. The summed E-state index contributed by atoms with van der Waals surface area (Å²) in [5, 5.41) is 14.1. The predicted molar refractivity (Wildman–Crippen MR) is 109 cm³/mol.